The van der Waals surface area contributed by atoms with Crippen molar-refractivity contribution in [2.75, 3.05) is 27.2 Å². The Labute approximate surface area is 147 Å². The summed E-state index contributed by atoms with van der Waals surface area (Å²) < 4.78 is 10.5. The first kappa shape index (κ1) is 17.7. The Morgan fingerprint density at radius 1 is 1.56 bits per heavy atom. The number of carbonyl (C=O) groups excluding carboxylic acids is 1. The number of hydrogen-bond donors (Lipinski definition) is 1. The van der Waals surface area contributed by atoms with Crippen LogP contribution in [0.15, 0.2) is 28.9 Å². The fourth-order valence-corrected chi connectivity index (χ4v) is 3.38. The van der Waals surface area contributed by atoms with Crippen LogP contribution in [0.2, 0.25) is 0 Å². The minimum absolute atomic E-state index is 0.0371. The second-order valence-electron chi connectivity index (χ2n) is 6.67. The summed E-state index contributed by atoms with van der Waals surface area (Å²) in [6.45, 7) is 3.56. The molecular weight excluding hydrogens is 320 g/mol. The third-order valence-corrected chi connectivity index (χ3v) is 4.57. The molecule has 1 saturated heterocycles. The van der Waals surface area contributed by atoms with E-state index in [1.54, 1.807) is 18.3 Å². The lowest BCUT2D eigenvalue weighted by Crippen LogP contribution is -2.43. The SMILES string of the molecule is COCc1cc(CN(C)C(=O)[C@@H]2CCCN(Cc3ccco3)C2)[nH]n1. The number of piperidine rings is 1. The van der Waals surface area contributed by atoms with Gasteiger partial charge in [0.2, 0.25) is 5.91 Å². The summed E-state index contributed by atoms with van der Waals surface area (Å²) in [6, 6.07) is 5.82. The van der Waals surface area contributed by atoms with Gasteiger partial charge in [-0.05, 0) is 37.6 Å². The van der Waals surface area contributed by atoms with Gasteiger partial charge in [0.1, 0.15) is 5.76 Å². The Kier molecular flexibility index (Phi) is 5.88. The Morgan fingerprint density at radius 3 is 3.20 bits per heavy atom. The standard InChI is InChI=1S/C18H26N4O3/c1-21(11-15-9-16(13-24-2)20-19-15)18(23)14-5-3-7-22(10-14)12-17-6-4-8-25-17/h4,6,8-9,14H,3,5,7,10-13H2,1-2H3,(H,19,20)/t14-/m1/s1. The van der Waals surface area contributed by atoms with Gasteiger partial charge in [-0.3, -0.25) is 14.8 Å². The van der Waals surface area contributed by atoms with E-state index >= 15 is 0 Å². The van der Waals surface area contributed by atoms with Crippen molar-refractivity contribution in [1.29, 1.82) is 0 Å². The number of carbonyl (C=O) groups is 1. The number of rotatable bonds is 7. The fraction of sp³-hybridized carbons (Fsp3) is 0.556. The minimum Gasteiger partial charge on any atom is -0.468 e. The molecule has 7 nitrogen and oxygen atoms in total. The lowest BCUT2D eigenvalue weighted by Gasteiger charge is -2.33. The van der Waals surface area contributed by atoms with Gasteiger partial charge in [0, 0.05) is 20.7 Å². The minimum atomic E-state index is 0.0371. The van der Waals surface area contributed by atoms with Crippen molar-refractivity contribution in [2.45, 2.75) is 32.5 Å². The molecule has 0 aliphatic carbocycles. The molecule has 1 aliphatic heterocycles. The van der Waals surface area contributed by atoms with Crippen LogP contribution in [0.3, 0.4) is 0 Å². The van der Waals surface area contributed by atoms with Gasteiger partial charge in [-0.2, -0.15) is 5.10 Å². The fourth-order valence-electron chi connectivity index (χ4n) is 3.38. The number of hydrogen-bond acceptors (Lipinski definition) is 5. The average Bonchev–Trinajstić information content (AvgIpc) is 3.27. The number of aromatic nitrogens is 2. The smallest absolute Gasteiger partial charge is 0.227 e. The number of H-pyrrole nitrogens is 1. The molecule has 0 unspecified atom stereocenters. The number of furan rings is 1. The maximum absolute atomic E-state index is 12.8. The molecule has 0 radical (unpaired) electrons. The van der Waals surface area contributed by atoms with Gasteiger partial charge < -0.3 is 14.1 Å². The van der Waals surface area contributed by atoms with Crippen LogP contribution >= 0.6 is 0 Å². The zero-order chi connectivity index (χ0) is 17.6. The van der Waals surface area contributed by atoms with Crippen LogP contribution in [-0.4, -0.2) is 53.2 Å². The first-order chi connectivity index (χ1) is 12.2. The first-order valence-electron chi connectivity index (χ1n) is 8.67. The molecular formula is C18H26N4O3. The van der Waals surface area contributed by atoms with E-state index < -0.39 is 0 Å². The van der Waals surface area contributed by atoms with Gasteiger partial charge in [-0.15, -0.1) is 0 Å². The Morgan fingerprint density at radius 2 is 2.44 bits per heavy atom. The highest BCUT2D eigenvalue weighted by Gasteiger charge is 2.28. The van der Waals surface area contributed by atoms with Crippen molar-refractivity contribution in [3.8, 4) is 0 Å². The van der Waals surface area contributed by atoms with Crippen LogP contribution in [0.25, 0.3) is 0 Å². The van der Waals surface area contributed by atoms with E-state index in [0.717, 1.165) is 49.6 Å². The van der Waals surface area contributed by atoms with Crippen LogP contribution in [0.4, 0.5) is 0 Å². The van der Waals surface area contributed by atoms with Crippen LogP contribution in [0.1, 0.15) is 30.0 Å². The number of likely N-dealkylation sites (tertiary alicyclic amines) is 1. The lowest BCUT2D eigenvalue weighted by molar-refractivity contribution is -0.136. The van der Waals surface area contributed by atoms with Crippen molar-refractivity contribution in [3.63, 3.8) is 0 Å². The predicted octanol–water partition coefficient (Wildman–Crippen LogP) is 2.02. The van der Waals surface area contributed by atoms with Crippen molar-refractivity contribution >= 4 is 5.91 Å². The predicted molar refractivity (Wildman–Crippen MR) is 92.5 cm³/mol. The summed E-state index contributed by atoms with van der Waals surface area (Å²) in [4.78, 5) is 16.9. The molecule has 3 rings (SSSR count). The molecule has 0 bridgehead atoms. The topological polar surface area (TPSA) is 74.6 Å². The van der Waals surface area contributed by atoms with Crippen LogP contribution in [0, 0.1) is 5.92 Å². The van der Waals surface area contributed by atoms with Gasteiger partial charge in [0.25, 0.3) is 0 Å². The van der Waals surface area contributed by atoms with E-state index in [0.29, 0.717) is 13.2 Å². The largest absolute Gasteiger partial charge is 0.468 e. The summed E-state index contributed by atoms with van der Waals surface area (Å²) in [5, 5.41) is 7.15. The van der Waals surface area contributed by atoms with Crippen LogP contribution in [0.5, 0.6) is 0 Å². The van der Waals surface area contributed by atoms with E-state index in [2.05, 4.69) is 15.1 Å². The number of methoxy groups -OCH3 is 1. The molecule has 136 valence electrons. The molecule has 3 heterocycles. The molecule has 25 heavy (non-hydrogen) atoms. The molecule has 0 spiro atoms. The van der Waals surface area contributed by atoms with Gasteiger partial charge >= 0.3 is 0 Å². The first-order valence-corrected chi connectivity index (χ1v) is 8.67. The monoisotopic (exact) mass is 346 g/mol. The van der Waals surface area contributed by atoms with Crippen LogP contribution in [-0.2, 0) is 29.2 Å². The number of ether oxygens (including phenoxy) is 1. The maximum atomic E-state index is 12.8. The number of nitrogens with one attached hydrogen (secondary N) is 1. The van der Waals surface area contributed by atoms with Crippen molar-refractivity contribution in [3.05, 3.63) is 41.6 Å². The van der Waals surface area contributed by atoms with E-state index in [9.17, 15) is 4.79 Å². The summed E-state index contributed by atoms with van der Waals surface area (Å²) in [5.41, 5.74) is 1.77. The Hall–Kier alpha value is -2.12. The van der Waals surface area contributed by atoms with Crippen molar-refractivity contribution in [2.24, 2.45) is 5.92 Å². The third-order valence-electron chi connectivity index (χ3n) is 4.57. The molecule has 1 aliphatic rings. The molecule has 0 saturated carbocycles. The second-order valence-corrected chi connectivity index (χ2v) is 6.67. The van der Waals surface area contributed by atoms with Gasteiger partial charge in [-0.25, -0.2) is 0 Å². The van der Waals surface area contributed by atoms with Gasteiger partial charge in [0.15, 0.2) is 0 Å². The quantitative estimate of drug-likeness (QED) is 0.830. The summed E-state index contributed by atoms with van der Waals surface area (Å²) >= 11 is 0. The molecule has 0 aromatic carbocycles. The molecule has 2 aromatic heterocycles. The van der Waals surface area contributed by atoms with Gasteiger partial charge in [-0.1, -0.05) is 0 Å². The molecule has 1 N–H and O–H groups in total. The third kappa shape index (κ3) is 4.70. The molecule has 1 fully saturated rings. The summed E-state index contributed by atoms with van der Waals surface area (Å²) in [6.07, 6.45) is 3.67. The van der Waals surface area contributed by atoms with E-state index in [-0.39, 0.29) is 11.8 Å². The summed E-state index contributed by atoms with van der Waals surface area (Å²) in [5.74, 6) is 1.17. The van der Waals surface area contributed by atoms with E-state index in [4.69, 9.17) is 9.15 Å². The molecule has 1 amide bonds. The van der Waals surface area contributed by atoms with Crippen LogP contribution < -0.4 is 0 Å². The normalized spacial score (nSPS) is 18.4. The highest BCUT2D eigenvalue weighted by Crippen LogP contribution is 2.21. The Bertz CT molecular complexity index is 668. The number of aromatic amines is 1. The summed E-state index contributed by atoms with van der Waals surface area (Å²) in [7, 11) is 3.49. The number of nitrogens with zero attached hydrogens (tertiary/aromatic N) is 3. The van der Waals surface area contributed by atoms with E-state index in [1.165, 1.54) is 0 Å². The highest BCUT2D eigenvalue weighted by molar-refractivity contribution is 5.78. The lowest BCUT2D eigenvalue weighted by atomic mass is 9.96. The zero-order valence-electron chi connectivity index (χ0n) is 14.9. The highest BCUT2D eigenvalue weighted by atomic mass is 16.5. The van der Waals surface area contributed by atoms with Crippen molar-refractivity contribution < 1.29 is 13.9 Å². The average molecular weight is 346 g/mol. The number of amides is 1. The van der Waals surface area contributed by atoms with Gasteiger partial charge in [0.05, 0.1) is 43.3 Å². The van der Waals surface area contributed by atoms with Crippen molar-refractivity contribution in [1.82, 2.24) is 20.0 Å². The molecule has 7 heteroatoms. The Balaban J connectivity index is 1.53. The zero-order valence-corrected chi connectivity index (χ0v) is 14.9. The van der Waals surface area contributed by atoms with E-state index in [1.807, 2.05) is 25.2 Å². The molecule has 1 atom stereocenters. The maximum Gasteiger partial charge on any atom is 0.227 e. The molecule has 2 aromatic rings. The second kappa shape index (κ2) is 8.31.